The Hall–Kier alpha value is -2.10. The summed E-state index contributed by atoms with van der Waals surface area (Å²) in [7, 11) is 3.98. The number of ether oxygens (including phenoxy) is 1. The fourth-order valence-electron chi connectivity index (χ4n) is 3.01. The van der Waals surface area contributed by atoms with Crippen LogP contribution in [0.1, 0.15) is 15.4 Å². The number of hydrogen-bond acceptors (Lipinski definition) is 7. The van der Waals surface area contributed by atoms with Gasteiger partial charge in [-0.3, -0.25) is 9.59 Å². The monoisotopic (exact) mass is 377 g/mol. The van der Waals surface area contributed by atoms with Crippen molar-refractivity contribution in [2.45, 2.75) is 6.92 Å². The van der Waals surface area contributed by atoms with E-state index in [-0.39, 0.29) is 17.4 Å². The zero-order valence-electron chi connectivity index (χ0n) is 15.2. The van der Waals surface area contributed by atoms with Crippen LogP contribution >= 0.6 is 11.3 Å². The molecule has 1 amide bonds. The number of nitrogens with one attached hydrogen (secondary N) is 1. The third kappa shape index (κ3) is 4.35. The summed E-state index contributed by atoms with van der Waals surface area (Å²) in [5.74, 6) is 0.273. The summed E-state index contributed by atoms with van der Waals surface area (Å²) in [4.78, 5) is 40.2. The van der Waals surface area contributed by atoms with Crippen molar-refractivity contribution in [3.8, 4) is 11.5 Å². The predicted molar refractivity (Wildman–Crippen MR) is 99.5 cm³/mol. The van der Waals surface area contributed by atoms with Gasteiger partial charge < -0.3 is 19.5 Å². The Morgan fingerprint density at radius 3 is 2.96 bits per heavy atom. The Morgan fingerprint density at radius 1 is 1.50 bits per heavy atom. The number of carbonyl (C=O) groups excluding carboxylic acids is 1. The number of amides is 1. The molecule has 0 saturated carbocycles. The van der Waals surface area contributed by atoms with Crippen LogP contribution in [0.15, 0.2) is 16.4 Å². The number of thiazole rings is 1. The number of H-pyrrole nitrogens is 1. The second-order valence-electron chi connectivity index (χ2n) is 6.68. The molecule has 26 heavy (non-hydrogen) atoms. The minimum Gasteiger partial charge on any atom is -0.379 e. The smallest absolute Gasteiger partial charge is 0.264 e. The van der Waals surface area contributed by atoms with Crippen molar-refractivity contribution in [3.63, 3.8) is 0 Å². The molecule has 0 unspecified atom stereocenters. The summed E-state index contributed by atoms with van der Waals surface area (Å²) in [6, 6.07) is 0. The Balaban J connectivity index is 1.79. The van der Waals surface area contributed by atoms with Crippen LogP contribution in [0.5, 0.6) is 0 Å². The molecule has 0 aliphatic carbocycles. The maximum atomic E-state index is 12.8. The molecule has 2 aromatic rings. The quantitative estimate of drug-likeness (QED) is 0.849. The van der Waals surface area contributed by atoms with E-state index in [0.717, 1.165) is 11.6 Å². The first-order valence-corrected chi connectivity index (χ1v) is 9.35. The first-order valence-electron chi connectivity index (χ1n) is 8.47. The van der Waals surface area contributed by atoms with Crippen LogP contribution < -0.4 is 5.56 Å². The number of aromatic nitrogens is 3. The summed E-state index contributed by atoms with van der Waals surface area (Å²) in [6.45, 7) is 4.81. The van der Waals surface area contributed by atoms with Crippen molar-refractivity contribution < 1.29 is 9.53 Å². The molecular weight excluding hydrogens is 354 g/mol. The van der Waals surface area contributed by atoms with Crippen LogP contribution in [0.25, 0.3) is 11.5 Å². The van der Waals surface area contributed by atoms with Crippen LogP contribution in [-0.2, 0) is 4.74 Å². The number of rotatable bonds is 4. The number of hydrogen-bond donors (Lipinski definition) is 1. The third-order valence-electron chi connectivity index (χ3n) is 4.14. The van der Waals surface area contributed by atoms with Crippen molar-refractivity contribution in [1.29, 1.82) is 0 Å². The lowest BCUT2D eigenvalue weighted by Gasteiger charge is -2.25. The predicted octanol–water partition coefficient (Wildman–Crippen LogP) is 0.852. The average Bonchev–Trinajstić information content (AvgIpc) is 2.89. The SMILES string of the molecule is Cc1nc(-c2ncc(C(=O)N3CCOC[C@@H](CN(C)C)C3)c(=O)[nH]2)cs1. The summed E-state index contributed by atoms with van der Waals surface area (Å²) >= 11 is 1.48. The van der Waals surface area contributed by atoms with Gasteiger partial charge in [0.05, 0.1) is 18.2 Å². The summed E-state index contributed by atoms with van der Waals surface area (Å²) in [6.07, 6.45) is 1.35. The molecule has 0 spiro atoms. The summed E-state index contributed by atoms with van der Waals surface area (Å²) in [5.41, 5.74) is 0.212. The van der Waals surface area contributed by atoms with E-state index in [0.29, 0.717) is 37.8 Å². The molecule has 140 valence electrons. The fourth-order valence-corrected chi connectivity index (χ4v) is 3.61. The second-order valence-corrected chi connectivity index (χ2v) is 7.74. The minimum absolute atomic E-state index is 0.0474. The highest BCUT2D eigenvalue weighted by Crippen LogP contribution is 2.17. The van der Waals surface area contributed by atoms with Crippen molar-refractivity contribution in [2.24, 2.45) is 5.92 Å². The summed E-state index contributed by atoms with van der Waals surface area (Å²) < 4.78 is 5.60. The third-order valence-corrected chi connectivity index (χ3v) is 4.91. The first kappa shape index (κ1) is 18.7. The molecule has 1 fully saturated rings. The highest BCUT2D eigenvalue weighted by Gasteiger charge is 2.26. The topological polar surface area (TPSA) is 91.4 Å². The van der Waals surface area contributed by atoms with E-state index in [1.807, 2.05) is 26.4 Å². The Bertz CT molecular complexity index is 832. The van der Waals surface area contributed by atoms with Crippen LogP contribution in [0.3, 0.4) is 0 Å². The van der Waals surface area contributed by atoms with Crippen molar-refractivity contribution in [2.75, 3.05) is 46.9 Å². The van der Waals surface area contributed by atoms with Crippen molar-refractivity contribution >= 4 is 17.2 Å². The van der Waals surface area contributed by atoms with Gasteiger partial charge in [0.25, 0.3) is 11.5 Å². The molecule has 1 aliphatic heterocycles. The van der Waals surface area contributed by atoms with Gasteiger partial charge in [-0.15, -0.1) is 11.3 Å². The Morgan fingerprint density at radius 2 is 2.31 bits per heavy atom. The molecule has 9 heteroatoms. The van der Waals surface area contributed by atoms with E-state index in [1.165, 1.54) is 17.5 Å². The van der Waals surface area contributed by atoms with Crippen molar-refractivity contribution in [1.82, 2.24) is 24.8 Å². The van der Waals surface area contributed by atoms with Gasteiger partial charge in [-0.1, -0.05) is 0 Å². The molecule has 1 N–H and O–H groups in total. The highest BCUT2D eigenvalue weighted by molar-refractivity contribution is 7.09. The number of aromatic amines is 1. The Labute approximate surface area is 155 Å². The molecule has 3 heterocycles. The number of carbonyl (C=O) groups is 1. The van der Waals surface area contributed by atoms with Crippen LogP contribution in [-0.4, -0.2) is 77.6 Å². The molecule has 1 saturated heterocycles. The molecule has 2 aromatic heterocycles. The zero-order valence-corrected chi connectivity index (χ0v) is 16.0. The molecule has 1 aliphatic rings. The summed E-state index contributed by atoms with van der Waals surface area (Å²) in [5, 5.41) is 2.71. The maximum absolute atomic E-state index is 12.8. The maximum Gasteiger partial charge on any atom is 0.264 e. The molecule has 1 atom stereocenters. The highest BCUT2D eigenvalue weighted by atomic mass is 32.1. The molecule has 0 bridgehead atoms. The van der Waals surface area contributed by atoms with Gasteiger partial charge in [-0.2, -0.15) is 0 Å². The van der Waals surface area contributed by atoms with E-state index in [1.54, 1.807) is 4.90 Å². The van der Waals surface area contributed by atoms with Gasteiger partial charge in [-0.05, 0) is 21.0 Å². The standard InChI is InChI=1S/C17H23N5O3S/c1-11-19-14(10-26-11)15-18-6-13(16(23)20-15)17(24)22-4-5-25-9-12(8-22)7-21(2)3/h6,10,12H,4-5,7-9H2,1-3H3,(H,18,20,23)/t12-/m0/s1. The van der Waals surface area contributed by atoms with Crippen LogP contribution in [0.2, 0.25) is 0 Å². The van der Waals surface area contributed by atoms with E-state index in [2.05, 4.69) is 19.9 Å². The van der Waals surface area contributed by atoms with E-state index in [4.69, 9.17) is 4.74 Å². The fraction of sp³-hybridized carbons (Fsp3) is 0.529. The first-order chi connectivity index (χ1) is 12.4. The minimum atomic E-state index is -0.444. The molecule has 0 aromatic carbocycles. The normalized spacial score (nSPS) is 18.2. The average molecular weight is 377 g/mol. The lowest BCUT2D eigenvalue weighted by molar-refractivity contribution is 0.0732. The lowest BCUT2D eigenvalue weighted by atomic mass is 10.1. The molecule has 3 rings (SSSR count). The van der Waals surface area contributed by atoms with Crippen LogP contribution in [0, 0.1) is 12.8 Å². The van der Waals surface area contributed by atoms with E-state index in [9.17, 15) is 9.59 Å². The van der Waals surface area contributed by atoms with E-state index < -0.39 is 5.56 Å². The van der Waals surface area contributed by atoms with Gasteiger partial charge in [0.2, 0.25) is 0 Å². The molecular formula is C17H23N5O3S. The number of aryl methyl sites for hydroxylation is 1. The Kier molecular flexibility index (Phi) is 5.80. The van der Waals surface area contributed by atoms with Crippen molar-refractivity contribution in [3.05, 3.63) is 32.5 Å². The second kappa shape index (κ2) is 8.07. The zero-order chi connectivity index (χ0) is 18.7. The molecule has 8 nitrogen and oxygen atoms in total. The number of nitrogens with zero attached hydrogens (tertiary/aromatic N) is 4. The molecule has 0 radical (unpaired) electrons. The van der Waals surface area contributed by atoms with Gasteiger partial charge in [-0.25, -0.2) is 9.97 Å². The largest absolute Gasteiger partial charge is 0.379 e. The van der Waals surface area contributed by atoms with E-state index >= 15 is 0 Å². The van der Waals surface area contributed by atoms with Gasteiger partial charge >= 0.3 is 0 Å². The van der Waals surface area contributed by atoms with Gasteiger partial charge in [0, 0.05) is 37.1 Å². The lowest BCUT2D eigenvalue weighted by Crippen LogP contribution is -2.40. The van der Waals surface area contributed by atoms with Gasteiger partial charge in [0.1, 0.15) is 11.3 Å². The van der Waals surface area contributed by atoms with Crippen LogP contribution in [0.4, 0.5) is 0 Å². The van der Waals surface area contributed by atoms with Gasteiger partial charge in [0.15, 0.2) is 5.82 Å².